The second-order valence-electron chi connectivity index (χ2n) is 4.86. The monoisotopic (exact) mass is 332 g/mol. The van der Waals surface area contributed by atoms with Crippen LogP contribution >= 0.6 is 15.9 Å². The molecule has 0 fully saturated rings. The van der Waals surface area contributed by atoms with Gasteiger partial charge >= 0.3 is 5.97 Å². The van der Waals surface area contributed by atoms with Gasteiger partial charge in [-0.1, -0.05) is 67.1 Å². The summed E-state index contributed by atoms with van der Waals surface area (Å²) in [5.41, 5.74) is 0. The van der Waals surface area contributed by atoms with Crippen molar-refractivity contribution in [2.24, 2.45) is 0 Å². The first-order valence-corrected chi connectivity index (χ1v) is 8.80. The maximum Gasteiger partial charge on any atom is 0.306 e. The van der Waals surface area contributed by atoms with Gasteiger partial charge in [0, 0.05) is 11.8 Å². The first-order chi connectivity index (χ1) is 9.31. The molecule has 0 aromatic heterocycles. The van der Waals surface area contributed by atoms with Crippen LogP contribution in [0.1, 0.15) is 71.1 Å². The number of hydrogen-bond donors (Lipinski definition) is 0. The fraction of sp³-hybridized carbons (Fsp3) is 0.812. The molecular formula is C16H29BrO2. The molecule has 3 heteroatoms. The first kappa shape index (κ1) is 18.7. The summed E-state index contributed by atoms with van der Waals surface area (Å²) in [6.07, 6.45) is 15.3. The van der Waals surface area contributed by atoms with Crippen molar-refractivity contribution in [1.29, 1.82) is 0 Å². The molecule has 0 rings (SSSR count). The highest BCUT2D eigenvalue weighted by molar-refractivity contribution is 9.09. The molecule has 0 radical (unpaired) electrons. The maximum absolute atomic E-state index is 11.4. The molecule has 112 valence electrons. The molecule has 19 heavy (non-hydrogen) atoms. The van der Waals surface area contributed by atoms with E-state index in [1.807, 2.05) is 6.08 Å². The molecule has 0 unspecified atom stereocenters. The van der Waals surface area contributed by atoms with Gasteiger partial charge < -0.3 is 4.74 Å². The summed E-state index contributed by atoms with van der Waals surface area (Å²) in [6.45, 7) is 2.64. The average Bonchev–Trinajstić information content (AvgIpc) is 2.41. The van der Waals surface area contributed by atoms with Gasteiger partial charge in [-0.3, -0.25) is 4.79 Å². The third-order valence-corrected chi connectivity index (χ3v) is 3.56. The van der Waals surface area contributed by atoms with E-state index in [1.165, 1.54) is 38.5 Å². The Morgan fingerprint density at radius 1 is 1.00 bits per heavy atom. The third-order valence-electron chi connectivity index (χ3n) is 3.00. The van der Waals surface area contributed by atoms with E-state index >= 15 is 0 Å². The standard InChI is InChI=1S/C16H29BrO2/c1-2-3-4-5-9-12-15-19-16(18)13-10-7-6-8-11-14-17/h9,12H,2-8,10-11,13-15H2,1H3/b12-9+. The number of alkyl halides is 1. The predicted octanol–water partition coefficient (Wildman–Crippen LogP) is 5.40. The molecule has 0 heterocycles. The van der Waals surface area contributed by atoms with Crippen LogP contribution in [-0.4, -0.2) is 17.9 Å². The topological polar surface area (TPSA) is 26.3 Å². The average molecular weight is 333 g/mol. The van der Waals surface area contributed by atoms with E-state index in [9.17, 15) is 4.79 Å². The molecule has 0 spiro atoms. The van der Waals surface area contributed by atoms with E-state index in [0.29, 0.717) is 13.0 Å². The number of allylic oxidation sites excluding steroid dienone is 1. The summed E-state index contributed by atoms with van der Waals surface area (Å²) >= 11 is 3.42. The fourth-order valence-electron chi connectivity index (χ4n) is 1.81. The van der Waals surface area contributed by atoms with Gasteiger partial charge in [0.05, 0.1) is 0 Å². The highest BCUT2D eigenvalue weighted by Crippen LogP contribution is 2.07. The Kier molecular flexibility index (Phi) is 15.5. The highest BCUT2D eigenvalue weighted by Gasteiger charge is 2.00. The van der Waals surface area contributed by atoms with Crippen LogP contribution in [0.3, 0.4) is 0 Å². The quantitative estimate of drug-likeness (QED) is 0.195. The molecule has 2 nitrogen and oxygen atoms in total. The number of rotatable bonds is 13. The summed E-state index contributed by atoms with van der Waals surface area (Å²) in [5.74, 6) is -0.0568. The molecular weight excluding hydrogens is 304 g/mol. The number of hydrogen-bond acceptors (Lipinski definition) is 2. The predicted molar refractivity (Wildman–Crippen MR) is 85.7 cm³/mol. The van der Waals surface area contributed by atoms with Gasteiger partial charge in [-0.25, -0.2) is 0 Å². The second-order valence-corrected chi connectivity index (χ2v) is 5.65. The minimum Gasteiger partial charge on any atom is -0.461 e. The molecule has 0 amide bonds. The lowest BCUT2D eigenvalue weighted by Gasteiger charge is -2.02. The van der Waals surface area contributed by atoms with Crippen molar-refractivity contribution in [3.8, 4) is 0 Å². The molecule has 0 aliphatic carbocycles. The Morgan fingerprint density at radius 3 is 2.47 bits per heavy atom. The number of halogens is 1. The zero-order chi connectivity index (χ0) is 14.2. The lowest BCUT2D eigenvalue weighted by molar-refractivity contribution is -0.142. The third kappa shape index (κ3) is 15.6. The summed E-state index contributed by atoms with van der Waals surface area (Å²) in [5, 5.41) is 1.08. The van der Waals surface area contributed by atoms with Crippen LogP contribution < -0.4 is 0 Å². The van der Waals surface area contributed by atoms with Crippen LogP contribution in [0.5, 0.6) is 0 Å². The minimum atomic E-state index is -0.0568. The van der Waals surface area contributed by atoms with Gasteiger partial charge in [-0.2, -0.15) is 0 Å². The Hall–Kier alpha value is -0.310. The second kappa shape index (κ2) is 15.7. The van der Waals surface area contributed by atoms with Gasteiger partial charge in [0.25, 0.3) is 0 Å². The highest BCUT2D eigenvalue weighted by atomic mass is 79.9. The van der Waals surface area contributed by atoms with E-state index in [1.54, 1.807) is 0 Å². The maximum atomic E-state index is 11.4. The molecule has 0 bridgehead atoms. The van der Waals surface area contributed by atoms with Crippen molar-refractivity contribution in [2.75, 3.05) is 11.9 Å². The van der Waals surface area contributed by atoms with Gasteiger partial charge in [0.2, 0.25) is 0 Å². The lowest BCUT2D eigenvalue weighted by atomic mass is 10.1. The summed E-state index contributed by atoms with van der Waals surface area (Å²) in [6, 6.07) is 0. The number of unbranched alkanes of at least 4 members (excludes halogenated alkanes) is 7. The van der Waals surface area contributed by atoms with Crippen molar-refractivity contribution in [2.45, 2.75) is 71.1 Å². The minimum absolute atomic E-state index is 0.0568. The molecule has 0 aliphatic rings. The van der Waals surface area contributed by atoms with E-state index in [4.69, 9.17) is 4.74 Å². The van der Waals surface area contributed by atoms with E-state index in [0.717, 1.165) is 24.6 Å². The number of carbonyl (C=O) groups is 1. The molecule has 0 saturated heterocycles. The van der Waals surface area contributed by atoms with Gasteiger partial charge in [-0.05, 0) is 25.7 Å². The van der Waals surface area contributed by atoms with Crippen LogP contribution in [0.2, 0.25) is 0 Å². The summed E-state index contributed by atoms with van der Waals surface area (Å²) in [4.78, 5) is 11.4. The normalized spacial score (nSPS) is 11.1. The van der Waals surface area contributed by atoms with Crippen LogP contribution in [0.15, 0.2) is 12.2 Å². The van der Waals surface area contributed by atoms with Crippen molar-refractivity contribution >= 4 is 21.9 Å². The Morgan fingerprint density at radius 2 is 1.74 bits per heavy atom. The van der Waals surface area contributed by atoms with Crippen LogP contribution in [0.4, 0.5) is 0 Å². The van der Waals surface area contributed by atoms with Crippen molar-refractivity contribution in [1.82, 2.24) is 0 Å². The number of carbonyl (C=O) groups excluding carboxylic acids is 1. The Labute approximate surface area is 127 Å². The van der Waals surface area contributed by atoms with Crippen molar-refractivity contribution in [3.05, 3.63) is 12.2 Å². The van der Waals surface area contributed by atoms with E-state index < -0.39 is 0 Å². The van der Waals surface area contributed by atoms with Gasteiger partial charge in [-0.15, -0.1) is 0 Å². The fourth-order valence-corrected chi connectivity index (χ4v) is 2.20. The van der Waals surface area contributed by atoms with Gasteiger partial charge in [0.1, 0.15) is 6.61 Å². The Balaban J connectivity index is 3.25. The molecule has 0 atom stereocenters. The zero-order valence-electron chi connectivity index (χ0n) is 12.3. The van der Waals surface area contributed by atoms with Crippen molar-refractivity contribution in [3.63, 3.8) is 0 Å². The van der Waals surface area contributed by atoms with Crippen molar-refractivity contribution < 1.29 is 9.53 Å². The van der Waals surface area contributed by atoms with Gasteiger partial charge in [0.15, 0.2) is 0 Å². The summed E-state index contributed by atoms with van der Waals surface area (Å²) in [7, 11) is 0. The van der Waals surface area contributed by atoms with E-state index in [2.05, 4.69) is 28.9 Å². The molecule has 0 N–H and O–H groups in total. The Bertz CT molecular complexity index is 227. The van der Waals surface area contributed by atoms with Crippen LogP contribution in [-0.2, 0) is 9.53 Å². The lowest BCUT2D eigenvalue weighted by Crippen LogP contribution is -2.03. The number of ether oxygens (including phenoxy) is 1. The first-order valence-electron chi connectivity index (χ1n) is 7.67. The largest absolute Gasteiger partial charge is 0.461 e. The van der Waals surface area contributed by atoms with Crippen LogP contribution in [0.25, 0.3) is 0 Å². The number of esters is 1. The smallest absolute Gasteiger partial charge is 0.306 e. The molecule has 0 aliphatic heterocycles. The van der Waals surface area contributed by atoms with E-state index in [-0.39, 0.29) is 5.97 Å². The molecule has 0 aromatic rings. The molecule has 0 saturated carbocycles. The zero-order valence-corrected chi connectivity index (χ0v) is 13.9. The molecule has 0 aromatic carbocycles. The SMILES string of the molecule is CCCCC/C=C/COC(=O)CCCCCCCBr. The van der Waals surface area contributed by atoms with Crippen LogP contribution in [0, 0.1) is 0 Å². The summed E-state index contributed by atoms with van der Waals surface area (Å²) < 4.78 is 5.14.